The molecule has 1 aromatic rings. The smallest absolute Gasteiger partial charge is 0.126 e. The van der Waals surface area contributed by atoms with Crippen molar-refractivity contribution in [3.8, 4) is 0 Å². The molecule has 72 valence electrons. The number of aromatic nitrogens is 2. The second-order valence-electron chi connectivity index (χ2n) is 3.98. The quantitative estimate of drug-likeness (QED) is 0.653. The van der Waals surface area contributed by atoms with Crippen molar-refractivity contribution in [2.24, 2.45) is 13.0 Å². The van der Waals surface area contributed by atoms with Crippen molar-refractivity contribution in [3.63, 3.8) is 0 Å². The molecular weight excluding hydrogens is 162 g/mol. The summed E-state index contributed by atoms with van der Waals surface area (Å²) in [6, 6.07) is 2.09. The maximum atomic E-state index is 4.19. The molecule has 2 heterocycles. The van der Waals surface area contributed by atoms with Crippen molar-refractivity contribution in [3.05, 3.63) is 12.3 Å². The van der Waals surface area contributed by atoms with Crippen molar-refractivity contribution in [1.29, 1.82) is 0 Å². The van der Waals surface area contributed by atoms with Gasteiger partial charge in [0.15, 0.2) is 0 Å². The predicted molar refractivity (Wildman–Crippen MR) is 53.8 cm³/mol. The number of hydrogen-bond donors (Lipinski definition) is 0. The lowest BCUT2D eigenvalue weighted by atomic mass is 9.99. The van der Waals surface area contributed by atoms with E-state index < -0.39 is 0 Å². The van der Waals surface area contributed by atoms with Crippen LogP contribution >= 0.6 is 0 Å². The maximum absolute atomic E-state index is 4.19. The molecule has 13 heavy (non-hydrogen) atoms. The standard InChI is InChI=1S/C10H17N3/c1-9-4-7-13(8-5-9)10-3-6-11-12(10)2/h3,6,9H,4-5,7-8H2,1-2H3. The fourth-order valence-electron chi connectivity index (χ4n) is 1.91. The molecule has 0 amide bonds. The molecule has 1 aliphatic rings. The molecule has 0 spiro atoms. The van der Waals surface area contributed by atoms with Gasteiger partial charge in [0.05, 0.1) is 6.20 Å². The minimum absolute atomic E-state index is 0.893. The van der Waals surface area contributed by atoms with E-state index in [9.17, 15) is 0 Å². The topological polar surface area (TPSA) is 21.1 Å². The number of aryl methyl sites for hydroxylation is 1. The lowest BCUT2D eigenvalue weighted by Gasteiger charge is -2.31. The van der Waals surface area contributed by atoms with Gasteiger partial charge in [-0.3, -0.25) is 4.68 Å². The third-order valence-electron chi connectivity index (χ3n) is 2.90. The van der Waals surface area contributed by atoms with Crippen LogP contribution in [0, 0.1) is 5.92 Å². The van der Waals surface area contributed by atoms with Gasteiger partial charge in [-0.1, -0.05) is 6.92 Å². The lowest BCUT2D eigenvalue weighted by molar-refractivity contribution is 0.433. The Hall–Kier alpha value is -0.990. The average Bonchev–Trinajstić information content (AvgIpc) is 2.53. The number of hydrogen-bond acceptors (Lipinski definition) is 2. The Morgan fingerprint density at radius 2 is 2.08 bits per heavy atom. The Kier molecular flexibility index (Phi) is 2.25. The van der Waals surface area contributed by atoms with Gasteiger partial charge in [-0.05, 0) is 18.8 Å². The van der Waals surface area contributed by atoms with E-state index in [1.807, 2.05) is 17.9 Å². The molecular formula is C10H17N3. The highest BCUT2D eigenvalue weighted by atomic mass is 15.4. The number of piperidine rings is 1. The van der Waals surface area contributed by atoms with Crippen LogP contribution in [0.15, 0.2) is 12.3 Å². The van der Waals surface area contributed by atoms with Gasteiger partial charge in [-0.15, -0.1) is 0 Å². The fraction of sp³-hybridized carbons (Fsp3) is 0.700. The molecule has 3 heteroatoms. The van der Waals surface area contributed by atoms with Crippen LogP contribution in [0.3, 0.4) is 0 Å². The highest BCUT2D eigenvalue weighted by Crippen LogP contribution is 2.21. The summed E-state index contributed by atoms with van der Waals surface area (Å²) in [4.78, 5) is 2.42. The van der Waals surface area contributed by atoms with Crippen molar-refractivity contribution in [1.82, 2.24) is 9.78 Å². The van der Waals surface area contributed by atoms with Crippen LogP contribution in [-0.4, -0.2) is 22.9 Å². The van der Waals surface area contributed by atoms with Gasteiger partial charge in [-0.2, -0.15) is 5.10 Å². The van der Waals surface area contributed by atoms with E-state index in [4.69, 9.17) is 0 Å². The van der Waals surface area contributed by atoms with E-state index in [-0.39, 0.29) is 0 Å². The zero-order chi connectivity index (χ0) is 9.26. The third-order valence-corrected chi connectivity index (χ3v) is 2.90. The summed E-state index contributed by atoms with van der Waals surface area (Å²) in [6.07, 6.45) is 4.49. The minimum atomic E-state index is 0.893. The second-order valence-corrected chi connectivity index (χ2v) is 3.98. The summed E-state index contributed by atoms with van der Waals surface area (Å²) >= 11 is 0. The van der Waals surface area contributed by atoms with Gasteiger partial charge in [0.1, 0.15) is 5.82 Å². The normalized spacial score (nSPS) is 19.4. The monoisotopic (exact) mass is 179 g/mol. The van der Waals surface area contributed by atoms with Crippen LogP contribution in [0.1, 0.15) is 19.8 Å². The Balaban J connectivity index is 2.06. The first kappa shape index (κ1) is 8.60. The van der Waals surface area contributed by atoms with E-state index in [1.165, 1.54) is 31.7 Å². The second kappa shape index (κ2) is 3.40. The molecule has 0 bridgehead atoms. The SMILES string of the molecule is CC1CCN(c2ccnn2C)CC1. The number of rotatable bonds is 1. The van der Waals surface area contributed by atoms with E-state index in [0.29, 0.717) is 0 Å². The highest BCUT2D eigenvalue weighted by Gasteiger charge is 2.17. The fourth-order valence-corrected chi connectivity index (χ4v) is 1.91. The Labute approximate surface area is 79.3 Å². The summed E-state index contributed by atoms with van der Waals surface area (Å²) in [5.74, 6) is 2.15. The van der Waals surface area contributed by atoms with Crippen LogP contribution in [0.2, 0.25) is 0 Å². The maximum Gasteiger partial charge on any atom is 0.126 e. The molecule has 1 fully saturated rings. The molecule has 0 aromatic carbocycles. The first-order chi connectivity index (χ1) is 6.27. The molecule has 0 N–H and O–H groups in total. The van der Waals surface area contributed by atoms with Gasteiger partial charge >= 0.3 is 0 Å². The minimum Gasteiger partial charge on any atom is -0.357 e. The number of anilines is 1. The molecule has 3 nitrogen and oxygen atoms in total. The molecule has 1 aliphatic heterocycles. The molecule has 2 rings (SSSR count). The number of nitrogens with zero attached hydrogens (tertiary/aromatic N) is 3. The van der Waals surface area contributed by atoms with Crippen molar-refractivity contribution < 1.29 is 0 Å². The zero-order valence-electron chi connectivity index (χ0n) is 8.40. The van der Waals surface area contributed by atoms with Crippen molar-refractivity contribution in [2.45, 2.75) is 19.8 Å². The van der Waals surface area contributed by atoms with Crippen LogP contribution in [-0.2, 0) is 7.05 Å². The van der Waals surface area contributed by atoms with Gasteiger partial charge in [-0.25, -0.2) is 0 Å². The largest absolute Gasteiger partial charge is 0.357 e. The summed E-state index contributed by atoms with van der Waals surface area (Å²) in [5, 5.41) is 4.19. The first-order valence-corrected chi connectivity index (χ1v) is 5.00. The van der Waals surface area contributed by atoms with E-state index in [1.54, 1.807) is 0 Å². The van der Waals surface area contributed by atoms with Crippen molar-refractivity contribution >= 4 is 5.82 Å². The van der Waals surface area contributed by atoms with E-state index in [0.717, 1.165) is 5.92 Å². The molecule has 0 aliphatic carbocycles. The van der Waals surface area contributed by atoms with Gasteiger partial charge < -0.3 is 4.90 Å². The molecule has 1 saturated heterocycles. The first-order valence-electron chi connectivity index (χ1n) is 5.00. The summed E-state index contributed by atoms with van der Waals surface area (Å²) in [6.45, 7) is 4.70. The zero-order valence-corrected chi connectivity index (χ0v) is 8.40. The highest BCUT2D eigenvalue weighted by molar-refractivity contribution is 5.38. The molecule has 0 saturated carbocycles. The van der Waals surface area contributed by atoms with Crippen LogP contribution in [0.5, 0.6) is 0 Å². The summed E-state index contributed by atoms with van der Waals surface area (Å²) in [5.41, 5.74) is 0. The van der Waals surface area contributed by atoms with Gasteiger partial charge in [0, 0.05) is 26.2 Å². The van der Waals surface area contributed by atoms with Crippen LogP contribution < -0.4 is 4.90 Å². The van der Waals surface area contributed by atoms with E-state index >= 15 is 0 Å². The molecule has 1 aromatic heterocycles. The summed E-state index contributed by atoms with van der Waals surface area (Å²) in [7, 11) is 2.01. The van der Waals surface area contributed by atoms with Crippen molar-refractivity contribution in [2.75, 3.05) is 18.0 Å². The Morgan fingerprint density at radius 3 is 2.62 bits per heavy atom. The van der Waals surface area contributed by atoms with E-state index in [2.05, 4.69) is 23.0 Å². The molecule has 0 unspecified atom stereocenters. The Morgan fingerprint density at radius 1 is 1.38 bits per heavy atom. The predicted octanol–water partition coefficient (Wildman–Crippen LogP) is 1.66. The van der Waals surface area contributed by atoms with Crippen LogP contribution in [0.4, 0.5) is 5.82 Å². The van der Waals surface area contributed by atoms with Crippen LogP contribution in [0.25, 0.3) is 0 Å². The lowest BCUT2D eigenvalue weighted by Crippen LogP contribution is -2.34. The van der Waals surface area contributed by atoms with Gasteiger partial charge in [0.25, 0.3) is 0 Å². The third kappa shape index (κ3) is 1.69. The molecule has 0 atom stereocenters. The van der Waals surface area contributed by atoms with Gasteiger partial charge in [0.2, 0.25) is 0 Å². The average molecular weight is 179 g/mol. The Bertz CT molecular complexity index is 271. The molecule has 0 radical (unpaired) electrons. The summed E-state index contributed by atoms with van der Waals surface area (Å²) < 4.78 is 1.95.